The molecule has 0 amide bonds. The second-order valence-electron chi connectivity index (χ2n) is 7.30. The van der Waals surface area contributed by atoms with Gasteiger partial charge in [0.05, 0.1) is 32.5 Å². The lowest BCUT2D eigenvalue weighted by atomic mass is 10.1. The van der Waals surface area contributed by atoms with E-state index in [1.165, 1.54) is 0 Å². The van der Waals surface area contributed by atoms with E-state index in [1.54, 1.807) is 26.2 Å². The maximum absolute atomic E-state index is 12.3. The van der Waals surface area contributed by atoms with Crippen LogP contribution in [0.5, 0.6) is 5.75 Å². The normalized spacial score (nSPS) is 14.5. The van der Waals surface area contributed by atoms with Crippen molar-refractivity contribution in [2.75, 3.05) is 58.4 Å². The highest BCUT2D eigenvalue weighted by atomic mass is 16.5. The van der Waals surface area contributed by atoms with Crippen molar-refractivity contribution in [3.05, 3.63) is 42.0 Å². The molecular formula is C23H28N4O4. The predicted octanol–water partition coefficient (Wildman–Crippen LogP) is 3.16. The van der Waals surface area contributed by atoms with Crippen molar-refractivity contribution in [1.82, 2.24) is 14.9 Å². The van der Waals surface area contributed by atoms with E-state index >= 15 is 0 Å². The van der Waals surface area contributed by atoms with Crippen molar-refractivity contribution < 1.29 is 19.0 Å². The van der Waals surface area contributed by atoms with Crippen molar-refractivity contribution in [2.45, 2.75) is 6.92 Å². The molecule has 2 aromatic carbocycles. The molecule has 8 nitrogen and oxygen atoms in total. The van der Waals surface area contributed by atoms with Gasteiger partial charge in [0.15, 0.2) is 0 Å². The van der Waals surface area contributed by atoms with E-state index in [2.05, 4.69) is 20.2 Å². The number of fused-ring (bicyclic) bond motifs is 1. The molecule has 8 heteroatoms. The summed E-state index contributed by atoms with van der Waals surface area (Å²) in [5.41, 5.74) is 3.61. The highest BCUT2D eigenvalue weighted by Gasteiger charge is 2.18. The van der Waals surface area contributed by atoms with Crippen LogP contribution in [0.2, 0.25) is 0 Å². The molecule has 0 unspecified atom stereocenters. The van der Waals surface area contributed by atoms with Crippen LogP contribution in [0.25, 0.3) is 22.4 Å². The van der Waals surface area contributed by atoms with Gasteiger partial charge in [-0.05, 0) is 43.3 Å². The Hall–Kier alpha value is -3.10. The van der Waals surface area contributed by atoms with Gasteiger partial charge in [0, 0.05) is 37.4 Å². The van der Waals surface area contributed by atoms with Crippen molar-refractivity contribution >= 4 is 22.7 Å². The standard InChI is InChI=1S/C23H28N4O4/c1-3-31-23(28)18-8-9-19(29-2)21-20(18)25-22(26-21)16-4-6-17(7-5-16)24-10-11-27-12-14-30-15-13-27/h4-9,24H,3,10-15H2,1-2H3,(H,25,26). The van der Waals surface area contributed by atoms with E-state index in [4.69, 9.17) is 14.2 Å². The molecule has 1 saturated heterocycles. The average Bonchev–Trinajstić information content (AvgIpc) is 3.25. The summed E-state index contributed by atoms with van der Waals surface area (Å²) in [6, 6.07) is 11.5. The Labute approximate surface area is 181 Å². The molecule has 31 heavy (non-hydrogen) atoms. The molecule has 164 valence electrons. The number of imidazole rings is 1. The molecule has 3 aromatic rings. The summed E-state index contributed by atoms with van der Waals surface area (Å²) in [6.45, 7) is 7.57. The molecule has 0 radical (unpaired) electrons. The van der Waals surface area contributed by atoms with E-state index in [-0.39, 0.29) is 0 Å². The summed E-state index contributed by atoms with van der Waals surface area (Å²) in [5.74, 6) is 0.904. The number of carbonyl (C=O) groups is 1. The minimum atomic E-state index is -0.395. The zero-order valence-corrected chi connectivity index (χ0v) is 17.9. The quantitative estimate of drug-likeness (QED) is 0.537. The first-order valence-corrected chi connectivity index (χ1v) is 10.6. The van der Waals surface area contributed by atoms with Gasteiger partial charge in [-0.25, -0.2) is 9.78 Å². The zero-order valence-electron chi connectivity index (χ0n) is 17.9. The number of morpholine rings is 1. The molecule has 0 aliphatic carbocycles. The van der Waals surface area contributed by atoms with Crippen LogP contribution in [0.1, 0.15) is 17.3 Å². The fraction of sp³-hybridized carbons (Fsp3) is 0.391. The third-order valence-electron chi connectivity index (χ3n) is 5.34. The molecule has 0 spiro atoms. The second-order valence-corrected chi connectivity index (χ2v) is 7.30. The number of hydrogen-bond donors (Lipinski definition) is 2. The first kappa shape index (κ1) is 21.1. The first-order chi connectivity index (χ1) is 15.2. The Bertz CT molecular complexity index is 1030. The maximum Gasteiger partial charge on any atom is 0.340 e. The van der Waals surface area contributed by atoms with Gasteiger partial charge in [-0.3, -0.25) is 4.90 Å². The summed E-state index contributed by atoms with van der Waals surface area (Å²) in [5, 5.41) is 3.46. The van der Waals surface area contributed by atoms with Crippen LogP contribution in [0, 0.1) is 0 Å². The second kappa shape index (κ2) is 9.80. The lowest BCUT2D eigenvalue weighted by Gasteiger charge is -2.26. The fourth-order valence-electron chi connectivity index (χ4n) is 3.68. The van der Waals surface area contributed by atoms with Crippen LogP contribution in [0.15, 0.2) is 36.4 Å². The third-order valence-corrected chi connectivity index (χ3v) is 5.34. The van der Waals surface area contributed by atoms with Crippen LogP contribution in [0.4, 0.5) is 5.69 Å². The number of aromatic amines is 1. The number of H-pyrrole nitrogens is 1. The van der Waals surface area contributed by atoms with Crippen LogP contribution < -0.4 is 10.1 Å². The summed E-state index contributed by atoms with van der Waals surface area (Å²) < 4.78 is 16.0. The number of ether oxygens (including phenoxy) is 3. The van der Waals surface area contributed by atoms with Gasteiger partial charge >= 0.3 is 5.97 Å². The molecular weight excluding hydrogens is 396 g/mol. The molecule has 1 fully saturated rings. The number of nitrogens with zero attached hydrogens (tertiary/aromatic N) is 2. The Balaban J connectivity index is 1.50. The van der Waals surface area contributed by atoms with Gasteiger partial charge in [0.25, 0.3) is 0 Å². The monoisotopic (exact) mass is 424 g/mol. The molecule has 0 bridgehead atoms. The van der Waals surface area contributed by atoms with Crippen LogP contribution in [0.3, 0.4) is 0 Å². The largest absolute Gasteiger partial charge is 0.494 e. The van der Waals surface area contributed by atoms with E-state index in [9.17, 15) is 4.79 Å². The Morgan fingerprint density at radius 2 is 1.97 bits per heavy atom. The number of nitrogens with one attached hydrogen (secondary N) is 2. The fourth-order valence-corrected chi connectivity index (χ4v) is 3.68. The van der Waals surface area contributed by atoms with Crippen LogP contribution in [-0.2, 0) is 9.47 Å². The lowest BCUT2D eigenvalue weighted by Crippen LogP contribution is -2.38. The zero-order chi connectivity index (χ0) is 21.6. The number of hydrogen-bond acceptors (Lipinski definition) is 7. The molecule has 0 atom stereocenters. The molecule has 1 aliphatic rings. The van der Waals surface area contributed by atoms with Gasteiger partial charge in [0.2, 0.25) is 0 Å². The number of rotatable bonds is 8. The third kappa shape index (κ3) is 4.81. The topological polar surface area (TPSA) is 88.7 Å². The van der Waals surface area contributed by atoms with Gasteiger partial charge < -0.3 is 24.5 Å². The van der Waals surface area contributed by atoms with E-state index in [0.29, 0.717) is 34.8 Å². The summed E-state index contributed by atoms with van der Waals surface area (Å²) in [6.07, 6.45) is 0. The maximum atomic E-state index is 12.3. The molecule has 4 rings (SSSR count). The van der Waals surface area contributed by atoms with Crippen molar-refractivity contribution in [1.29, 1.82) is 0 Å². The highest BCUT2D eigenvalue weighted by Crippen LogP contribution is 2.30. The molecule has 2 N–H and O–H groups in total. The molecule has 1 aliphatic heterocycles. The number of benzene rings is 2. The Morgan fingerprint density at radius 1 is 1.19 bits per heavy atom. The predicted molar refractivity (Wildman–Crippen MR) is 120 cm³/mol. The average molecular weight is 425 g/mol. The number of esters is 1. The molecule has 1 aromatic heterocycles. The smallest absolute Gasteiger partial charge is 0.340 e. The van der Waals surface area contributed by atoms with Crippen LogP contribution >= 0.6 is 0 Å². The number of aromatic nitrogens is 2. The first-order valence-electron chi connectivity index (χ1n) is 10.6. The van der Waals surface area contributed by atoms with E-state index in [1.807, 2.05) is 24.3 Å². The summed E-state index contributed by atoms with van der Waals surface area (Å²) >= 11 is 0. The number of anilines is 1. The van der Waals surface area contributed by atoms with Crippen molar-refractivity contribution in [3.63, 3.8) is 0 Å². The highest BCUT2D eigenvalue weighted by molar-refractivity contribution is 6.04. The van der Waals surface area contributed by atoms with Crippen molar-refractivity contribution in [3.8, 4) is 17.1 Å². The molecule has 0 saturated carbocycles. The van der Waals surface area contributed by atoms with Gasteiger partial charge in [-0.15, -0.1) is 0 Å². The van der Waals surface area contributed by atoms with E-state index < -0.39 is 5.97 Å². The van der Waals surface area contributed by atoms with Gasteiger partial charge in [-0.1, -0.05) is 0 Å². The minimum Gasteiger partial charge on any atom is -0.494 e. The Kier molecular flexibility index (Phi) is 6.69. The summed E-state index contributed by atoms with van der Waals surface area (Å²) in [4.78, 5) is 22.7. The molecule has 2 heterocycles. The van der Waals surface area contributed by atoms with Gasteiger partial charge in [-0.2, -0.15) is 0 Å². The van der Waals surface area contributed by atoms with Gasteiger partial charge in [0.1, 0.15) is 22.6 Å². The number of carbonyl (C=O) groups excluding carboxylic acids is 1. The lowest BCUT2D eigenvalue weighted by molar-refractivity contribution is 0.0398. The summed E-state index contributed by atoms with van der Waals surface area (Å²) in [7, 11) is 1.59. The van der Waals surface area contributed by atoms with Crippen LogP contribution in [-0.4, -0.2) is 73.9 Å². The van der Waals surface area contributed by atoms with Crippen molar-refractivity contribution in [2.24, 2.45) is 0 Å². The minimum absolute atomic E-state index is 0.309. The SMILES string of the molecule is CCOC(=O)c1ccc(OC)c2[nH]c(-c3ccc(NCCN4CCOCC4)cc3)nc12. The van der Waals surface area contributed by atoms with E-state index in [0.717, 1.165) is 50.6 Å². The number of methoxy groups -OCH3 is 1. The Morgan fingerprint density at radius 3 is 2.68 bits per heavy atom.